The van der Waals surface area contributed by atoms with Crippen molar-refractivity contribution in [2.24, 2.45) is 0 Å². The van der Waals surface area contributed by atoms with Gasteiger partial charge in [0, 0.05) is 40.3 Å². The average Bonchev–Trinajstić information content (AvgIpc) is 3.21. The summed E-state index contributed by atoms with van der Waals surface area (Å²) in [5.41, 5.74) is -0.187. The Balaban J connectivity index is 1.72. The van der Waals surface area contributed by atoms with Crippen molar-refractivity contribution in [1.82, 2.24) is 20.1 Å². The third kappa shape index (κ3) is 6.43. The molecule has 2 amide bonds. The Morgan fingerprint density at radius 1 is 1.12 bits per heavy atom. The number of aromatic nitrogens is 3. The Labute approximate surface area is 193 Å². The molecule has 1 saturated heterocycles. The number of carbonyl (C=O) groups is 2. The van der Waals surface area contributed by atoms with Crippen molar-refractivity contribution in [2.45, 2.75) is 38.8 Å². The number of hydrogen-bond acceptors (Lipinski definition) is 9. The Morgan fingerprint density at radius 2 is 1.85 bits per heavy atom. The van der Waals surface area contributed by atoms with Gasteiger partial charge in [-0.15, -0.1) is 10.2 Å². The molecule has 0 spiro atoms. The summed E-state index contributed by atoms with van der Waals surface area (Å²) in [6, 6.07) is 6.82. The summed E-state index contributed by atoms with van der Waals surface area (Å²) >= 11 is 0. The molecular formula is C22H32N8O3. The lowest BCUT2D eigenvalue weighted by Gasteiger charge is -2.24. The highest BCUT2D eigenvalue weighted by Gasteiger charge is 2.30. The number of anilines is 4. The van der Waals surface area contributed by atoms with Gasteiger partial charge in [-0.25, -0.2) is 9.78 Å². The topological polar surface area (TPSA) is 125 Å². The second kappa shape index (κ2) is 9.88. The van der Waals surface area contributed by atoms with Gasteiger partial charge in [-0.05, 0) is 51.5 Å². The van der Waals surface area contributed by atoms with Crippen molar-refractivity contribution >= 4 is 35.3 Å². The van der Waals surface area contributed by atoms with Gasteiger partial charge in [0.05, 0.1) is 5.56 Å². The Bertz CT molecular complexity index is 988. The number of carbonyl (C=O) groups excluding carboxylic acids is 2. The molecule has 178 valence electrons. The third-order valence-electron chi connectivity index (χ3n) is 4.93. The zero-order chi connectivity index (χ0) is 24.2. The van der Waals surface area contributed by atoms with Crippen molar-refractivity contribution in [3.05, 3.63) is 29.8 Å². The van der Waals surface area contributed by atoms with E-state index in [2.05, 4.69) is 31.1 Å². The monoisotopic (exact) mass is 456 g/mol. The molecule has 0 aliphatic carbocycles. The van der Waals surface area contributed by atoms with Crippen molar-refractivity contribution in [3.8, 4) is 0 Å². The van der Waals surface area contributed by atoms with Crippen LogP contribution in [0.2, 0.25) is 0 Å². The van der Waals surface area contributed by atoms with Crippen LogP contribution in [0.15, 0.2) is 24.3 Å². The molecule has 2 aromatic heterocycles. The molecule has 0 saturated carbocycles. The number of hydrogen-bond donors (Lipinski definition) is 3. The Morgan fingerprint density at radius 3 is 2.45 bits per heavy atom. The second-order valence-corrected chi connectivity index (χ2v) is 9.02. The van der Waals surface area contributed by atoms with Crippen molar-refractivity contribution in [1.29, 1.82) is 0 Å². The fourth-order valence-corrected chi connectivity index (χ4v) is 3.27. The van der Waals surface area contributed by atoms with E-state index in [9.17, 15) is 9.59 Å². The van der Waals surface area contributed by atoms with Crippen molar-refractivity contribution in [3.63, 3.8) is 0 Å². The van der Waals surface area contributed by atoms with Crippen LogP contribution in [0.1, 0.15) is 37.6 Å². The molecule has 0 radical (unpaired) electrons. The molecule has 1 unspecified atom stereocenters. The van der Waals surface area contributed by atoms with Crippen molar-refractivity contribution in [2.75, 3.05) is 55.1 Å². The second-order valence-electron chi connectivity index (χ2n) is 9.02. The number of rotatable bonds is 6. The highest BCUT2D eigenvalue weighted by atomic mass is 16.6. The van der Waals surface area contributed by atoms with Crippen LogP contribution in [0.25, 0.3) is 0 Å². The molecule has 0 aromatic carbocycles. The first-order valence-electron chi connectivity index (χ1n) is 10.8. The highest BCUT2D eigenvalue weighted by Crippen LogP contribution is 2.23. The van der Waals surface area contributed by atoms with Crippen LogP contribution in [0, 0.1) is 0 Å². The predicted molar refractivity (Wildman–Crippen MR) is 128 cm³/mol. The highest BCUT2D eigenvalue weighted by molar-refractivity contribution is 6.07. The normalized spacial score (nSPS) is 15.7. The van der Waals surface area contributed by atoms with Crippen LogP contribution >= 0.6 is 0 Å². The predicted octanol–water partition coefficient (Wildman–Crippen LogP) is 2.65. The Hall–Kier alpha value is -3.63. The number of likely N-dealkylation sites (tertiary alicyclic amines) is 1. The van der Waals surface area contributed by atoms with Gasteiger partial charge in [0.15, 0.2) is 11.6 Å². The maximum atomic E-state index is 13.0. The standard InChI is InChI=1S/C22H32N8O3/c1-22(2,3)33-21(32)30-12-11-14(13-30)24-19-15(7-8-16(23-4)25-19)20(31)26-17-9-10-18(28-27-17)29(5)6/h7-10,14H,11-13H2,1-6H3,(H2,23,24,25)(H,26,27,31). The minimum Gasteiger partial charge on any atom is -0.444 e. The molecule has 2 aromatic rings. The van der Waals surface area contributed by atoms with E-state index >= 15 is 0 Å². The maximum Gasteiger partial charge on any atom is 0.410 e. The molecule has 1 fully saturated rings. The van der Waals surface area contributed by atoms with E-state index in [1.165, 1.54) is 0 Å². The van der Waals surface area contributed by atoms with Crippen LogP contribution < -0.4 is 20.9 Å². The summed E-state index contributed by atoms with van der Waals surface area (Å²) in [5.74, 6) is 1.71. The molecule has 1 aliphatic heterocycles. The van der Waals surface area contributed by atoms with Crippen LogP contribution in [-0.4, -0.2) is 78.0 Å². The molecule has 3 heterocycles. The molecule has 1 aliphatic rings. The number of amides is 2. The molecular weight excluding hydrogens is 424 g/mol. The molecule has 0 bridgehead atoms. The van der Waals surface area contributed by atoms with E-state index in [1.54, 1.807) is 36.2 Å². The number of nitrogens with one attached hydrogen (secondary N) is 3. The lowest BCUT2D eigenvalue weighted by atomic mass is 10.2. The van der Waals surface area contributed by atoms with E-state index in [1.807, 2.05) is 39.8 Å². The van der Waals surface area contributed by atoms with Gasteiger partial charge in [-0.1, -0.05) is 0 Å². The van der Waals surface area contributed by atoms with E-state index < -0.39 is 5.60 Å². The molecule has 11 nitrogen and oxygen atoms in total. The minimum absolute atomic E-state index is 0.0668. The first-order chi connectivity index (χ1) is 15.6. The molecule has 3 N–H and O–H groups in total. The summed E-state index contributed by atoms with van der Waals surface area (Å²) < 4.78 is 5.46. The van der Waals surface area contributed by atoms with Gasteiger partial charge < -0.3 is 30.5 Å². The largest absolute Gasteiger partial charge is 0.444 e. The lowest BCUT2D eigenvalue weighted by molar-refractivity contribution is 0.0293. The smallest absolute Gasteiger partial charge is 0.410 e. The third-order valence-corrected chi connectivity index (χ3v) is 4.93. The summed E-state index contributed by atoms with van der Waals surface area (Å²) in [4.78, 5) is 33.4. The minimum atomic E-state index is -0.551. The average molecular weight is 457 g/mol. The number of ether oxygens (including phenoxy) is 1. The van der Waals surface area contributed by atoms with Gasteiger partial charge >= 0.3 is 6.09 Å². The summed E-state index contributed by atoms with van der Waals surface area (Å²) in [6.45, 7) is 6.54. The first kappa shape index (κ1) is 24.0. The van der Waals surface area contributed by atoms with Crippen LogP contribution in [0.5, 0.6) is 0 Å². The van der Waals surface area contributed by atoms with Crippen molar-refractivity contribution < 1.29 is 14.3 Å². The first-order valence-corrected chi connectivity index (χ1v) is 10.8. The van der Waals surface area contributed by atoms with Gasteiger partial charge in [-0.3, -0.25) is 4.79 Å². The Kier molecular flexibility index (Phi) is 7.19. The van der Waals surface area contributed by atoms with E-state index in [-0.39, 0.29) is 18.0 Å². The number of nitrogens with zero attached hydrogens (tertiary/aromatic N) is 5. The molecule has 11 heteroatoms. The van der Waals surface area contributed by atoms with E-state index in [0.29, 0.717) is 48.3 Å². The van der Waals surface area contributed by atoms with Crippen LogP contribution in [0.3, 0.4) is 0 Å². The van der Waals surface area contributed by atoms with Gasteiger partial charge in [0.25, 0.3) is 5.91 Å². The van der Waals surface area contributed by atoms with Gasteiger partial charge in [-0.2, -0.15) is 0 Å². The van der Waals surface area contributed by atoms with Gasteiger partial charge in [0.2, 0.25) is 0 Å². The summed E-state index contributed by atoms with van der Waals surface area (Å²) in [5, 5.41) is 17.2. The summed E-state index contributed by atoms with van der Waals surface area (Å²) in [6.07, 6.45) is 0.366. The van der Waals surface area contributed by atoms with Crippen LogP contribution in [0.4, 0.5) is 28.1 Å². The molecule has 33 heavy (non-hydrogen) atoms. The number of pyridine rings is 1. The maximum absolute atomic E-state index is 13.0. The lowest BCUT2D eigenvalue weighted by Crippen LogP contribution is -2.36. The molecule has 3 rings (SSSR count). The molecule has 1 atom stereocenters. The quantitative estimate of drug-likeness (QED) is 0.601. The summed E-state index contributed by atoms with van der Waals surface area (Å²) in [7, 11) is 5.48. The van der Waals surface area contributed by atoms with E-state index in [4.69, 9.17) is 4.74 Å². The van der Waals surface area contributed by atoms with Gasteiger partial charge in [0.1, 0.15) is 17.2 Å². The SMILES string of the molecule is CNc1ccc(C(=O)Nc2ccc(N(C)C)nn2)c(NC2CCN(C(=O)OC(C)(C)C)C2)n1. The zero-order valence-electron chi connectivity index (χ0n) is 20.0. The van der Waals surface area contributed by atoms with E-state index in [0.717, 1.165) is 0 Å². The zero-order valence-corrected chi connectivity index (χ0v) is 20.0. The van der Waals surface area contributed by atoms with Crippen LogP contribution in [-0.2, 0) is 4.74 Å². The fourth-order valence-electron chi connectivity index (χ4n) is 3.27. The fraction of sp³-hybridized carbons (Fsp3) is 0.500.